The molecule has 0 aromatic carbocycles. The predicted molar refractivity (Wildman–Crippen MR) is 84.5 cm³/mol. The van der Waals surface area contributed by atoms with Crippen LogP contribution in [0.3, 0.4) is 0 Å². The number of amides is 1. The number of hydrogen-bond acceptors (Lipinski definition) is 6. The molecule has 2 aromatic heterocycles. The monoisotopic (exact) mass is 316 g/mol. The first-order chi connectivity index (χ1) is 10.6. The minimum atomic E-state index is -0.00343. The molecule has 0 unspecified atom stereocenters. The van der Waals surface area contributed by atoms with Crippen molar-refractivity contribution in [1.29, 1.82) is 0 Å². The number of thiophene rings is 1. The van der Waals surface area contributed by atoms with Crippen molar-refractivity contribution in [3.8, 4) is 0 Å². The fourth-order valence-corrected chi connectivity index (χ4v) is 3.26. The van der Waals surface area contributed by atoms with E-state index in [2.05, 4.69) is 14.9 Å². The van der Waals surface area contributed by atoms with Gasteiger partial charge in [-0.15, -0.1) is 11.3 Å². The van der Waals surface area contributed by atoms with Gasteiger partial charge in [-0.1, -0.05) is 0 Å². The molecule has 0 aliphatic carbocycles. The Hall–Kier alpha value is -2.28. The van der Waals surface area contributed by atoms with Crippen molar-refractivity contribution in [1.82, 2.24) is 14.9 Å². The van der Waals surface area contributed by atoms with Crippen molar-refractivity contribution in [3.05, 3.63) is 40.5 Å². The topological polar surface area (TPSA) is 66.4 Å². The van der Waals surface area contributed by atoms with E-state index in [-0.39, 0.29) is 11.7 Å². The van der Waals surface area contributed by atoms with Gasteiger partial charge in [0.1, 0.15) is 5.82 Å². The molecular formula is C15H16N4O2S. The number of carbonyl (C=O) groups excluding carboxylic acids is 2. The second-order valence-corrected chi connectivity index (χ2v) is 6.15. The smallest absolute Gasteiger partial charge is 0.264 e. The van der Waals surface area contributed by atoms with Crippen LogP contribution in [0.15, 0.2) is 30.7 Å². The maximum Gasteiger partial charge on any atom is 0.264 e. The first-order valence-corrected chi connectivity index (χ1v) is 7.88. The molecule has 1 aliphatic rings. The van der Waals surface area contributed by atoms with Gasteiger partial charge < -0.3 is 9.80 Å². The zero-order valence-corrected chi connectivity index (χ0v) is 13.0. The third-order valence-corrected chi connectivity index (χ3v) is 4.78. The van der Waals surface area contributed by atoms with Gasteiger partial charge in [-0.2, -0.15) is 0 Å². The Labute approximate surface area is 132 Å². The van der Waals surface area contributed by atoms with E-state index in [0.717, 1.165) is 18.9 Å². The van der Waals surface area contributed by atoms with Crippen molar-refractivity contribution < 1.29 is 9.59 Å². The highest BCUT2D eigenvalue weighted by Crippen LogP contribution is 2.20. The average Bonchev–Trinajstić information content (AvgIpc) is 3.05. The summed E-state index contributed by atoms with van der Waals surface area (Å²) in [6.45, 7) is 4.26. The molecule has 0 atom stereocenters. The Kier molecular flexibility index (Phi) is 4.15. The van der Waals surface area contributed by atoms with Gasteiger partial charge in [0, 0.05) is 38.6 Å². The van der Waals surface area contributed by atoms with E-state index in [1.54, 1.807) is 30.7 Å². The number of anilines is 1. The van der Waals surface area contributed by atoms with Crippen LogP contribution in [0.1, 0.15) is 26.3 Å². The lowest BCUT2D eigenvalue weighted by molar-refractivity contribution is 0.0751. The maximum absolute atomic E-state index is 12.5. The van der Waals surface area contributed by atoms with Crippen molar-refractivity contribution in [2.75, 3.05) is 31.1 Å². The molecule has 1 saturated heterocycles. The van der Waals surface area contributed by atoms with E-state index in [1.807, 2.05) is 4.90 Å². The number of rotatable bonds is 3. The molecule has 1 fully saturated rings. The number of carbonyl (C=O) groups is 2. The molecule has 6 nitrogen and oxygen atoms in total. The summed E-state index contributed by atoms with van der Waals surface area (Å²) in [6, 6.07) is 3.45. The van der Waals surface area contributed by atoms with E-state index in [4.69, 9.17) is 0 Å². The molecule has 0 bridgehead atoms. The van der Waals surface area contributed by atoms with Crippen LogP contribution in [0, 0.1) is 0 Å². The maximum atomic E-state index is 12.5. The predicted octanol–water partition coefficient (Wildman–Crippen LogP) is 1.70. The Bertz CT molecular complexity index is 678. The molecule has 2 aromatic rings. The van der Waals surface area contributed by atoms with Gasteiger partial charge in [0.15, 0.2) is 5.78 Å². The number of aromatic nitrogens is 2. The van der Waals surface area contributed by atoms with E-state index >= 15 is 0 Å². The summed E-state index contributed by atoms with van der Waals surface area (Å²) in [6.07, 6.45) is 5.05. The van der Waals surface area contributed by atoms with Gasteiger partial charge in [-0.25, -0.2) is 4.98 Å². The molecule has 0 N–H and O–H groups in total. The van der Waals surface area contributed by atoms with Crippen molar-refractivity contribution in [2.24, 2.45) is 0 Å². The third kappa shape index (κ3) is 2.99. The van der Waals surface area contributed by atoms with E-state index < -0.39 is 0 Å². The second-order valence-electron chi connectivity index (χ2n) is 5.06. The lowest BCUT2D eigenvalue weighted by Gasteiger charge is -2.35. The number of Topliss-reactive ketones (excluding diaryl/α,β-unsaturated/α-hetero) is 1. The summed E-state index contributed by atoms with van der Waals surface area (Å²) in [4.78, 5) is 37.3. The number of piperazine rings is 1. The summed E-state index contributed by atoms with van der Waals surface area (Å²) >= 11 is 1.26. The summed E-state index contributed by atoms with van der Waals surface area (Å²) in [7, 11) is 0. The van der Waals surface area contributed by atoms with Gasteiger partial charge >= 0.3 is 0 Å². The average molecular weight is 316 g/mol. The van der Waals surface area contributed by atoms with E-state index in [9.17, 15) is 9.59 Å². The normalized spacial score (nSPS) is 15.0. The SMILES string of the molecule is CC(=O)c1ccc(C(=O)N2CCN(c3cnccn3)CC2)s1. The summed E-state index contributed by atoms with van der Waals surface area (Å²) in [5, 5.41) is 0. The van der Waals surface area contributed by atoms with Crippen molar-refractivity contribution in [3.63, 3.8) is 0 Å². The lowest BCUT2D eigenvalue weighted by atomic mass is 10.3. The first kappa shape index (κ1) is 14.6. The minimum absolute atomic E-state index is 0.00322. The number of hydrogen-bond donors (Lipinski definition) is 0. The molecule has 1 amide bonds. The Morgan fingerprint density at radius 1 is 1.09 bits per heavy atom. The van der Waals surface area contributed by atoms with Crippen molar-refractivity contribution in [2.45, 2.75) is 6.92 Å². The van der Waals surface area contributed by atoms with Crippen LogP contribution in [-0.4, -0.2) is 52.7 Å². The molecule has 0 spiro atoms. The van der Waals surface area contributed by atoms with Gasteiger partial charge in [-0.05, 0) is 19.1 Å². The fraction of sp³-hybridized carbons (Fsp3) is 0.333. The molecular weight excluding hydrogens is 300 g/mol. The molecule has 0 radical (unpaired) electrons. The van der Waals surface area contributed by atoms with Crippen molar-refractivity contribution >= 4 is 28.8 Å². The highest BCUT2D eigenvalue weighted by atomic mass is 32.1. The summed E-state index contributed by atoms with van der Waals surface area (Å²) in [5.41, 5.74) is 0. The molecule has 114 valence electrons. The molecule has 3 heterocycles. The first-order valence-electron chi connectivity index (χ1n) is 7.06. The Morgan fingerprint density at radius 2 is 1.82 bits per heavy atom. The fourth-order valence-electron chi connectivity index (χ4n) is 2.39. The Balaban J connectivity index is 1.63. The van der Waals surface area contributed by atoms with Gasteiger partial charge in [0.2, 0.25) is 0 Å². The van der Waals surface area contributed by atoms with E-state index in [1.165, 1.54) is 18.3 Å². The molecule has 0 saturated carbocycles. The highest BCUT2D eigenvalue weighted by Gasteiger charge is 2.24. The van der Waals surface area contributed by atoms with Crippen LogP contribution in [0.25, 0.3) is 0 Å². The number of nitrogens with zero attached hydrogens (tertiary/aromatic N) is 4. The van der Waals surface area contributed by atoms with Crippen LogP contribution in [0.2, 0.25) is 0 Å². The standard InChI is InChI=1S/C15H16N4O2S/c1-11(20)12-2-3-13(22-12)15(21)19-8-6-18(7-9-19)14-10-16-4-5-17-14/h2-5,10H,6-9H2,1H3. The van der Waals surface area contributed by atoms with Crippen LogP contribution in [0.5, 0.6) is 0 Å². The van der Waals surface area contributed by atoms with Gasteiger partial charge in [0.05, 0.1) is 16.0 Å². The quantitative estimate of drug-likeness (QED) is 0.806. The Morgan fingerprint density at radius 3 is 2.41 bits per heavy atom. The van der Waals surface area contributed by atoms with Gasteiger partial charge in [-0.3, -0.25) is 14.6 Å². The summed E-state index contributed by atoms with van der Waals surface area (Å²) in [5.74, 6) is 0.831. The minimum Gasteiger partial charge on any atom is -0.352 e. The third-order valence-electron chi connectivity index (χ3n) is 3.60. The van der Waals surface area contributed by atoms with Crippen LogP contribution in [-0.2, 0) is 0 Å². The molecule has 1 aliphatic heterocycles. The molecule has 22 heavy (non-hydrogen) atoms. The number of ketones is 1. The summed E-state index contributed by atoms with van der Waals surface area (Å²) < 4.78 is 0. The zero-order valence-electron chi connectivity index (χ0n) is 12.2. The molecule has 7 heteroatoms. The van der Waals surface area contributed by atoms with Crippen LogP contribution >= 0.6 is 11.3 Å². The largest absolute Gasteiger partial charge is 0.352 e. The molecule has 3 rings (SSSR count). The highest BCUT2D eigenvalue weighted by molar-refractivity contribution is 7.15. The lowest BCUT2D eigenvalue weighted by Crippen LogP contribution is -2.48. The van der Waals surface area contributed by atoms with Gasteiger partial charge in [0.25, 0.3) is 5.91 Å². The zero-order chi connectivity index (χ0) is 15.5. The van der Waals surface area contributed by atoms with Crippen LogP contribution in [0.4, 0.5) is 5.82 Å². The van der Waals surface area contributed by atoms with Crippen LogP contribution < -0.4 is 4.90 Å². The van der Waals surface area contributed by atoms with E-state index in [0.29, 0.717) is 22.8 Å². The second kappa shape index (κ2) is 6.23.